The molecule has 0 spiro atoms. The third-order valence-corrected chi connectivity index (χ3v) is 5.21. The zero-order valence-corrected chi connectivity index (χ0v) is 16.0. The minimum atomic E-state index is -0.358. The van der Waals surface area contributed by atoms with Crippen molar-refractivity contribution in [2.75, 3.05) is 12.3 Å². The normalized spacial score (nSPS) is 16.4. The number of halogens is 1. The SMILES string of the molecule is Nc1[nH+]c(-c2ccc(F)cc2)c(-c2ccnnc2)c2nn(C[C@H]3CCCO3)c(=O)n12. The summed E-state index contributed by atoms with van der Waals surface area (Å²) in [5.41, 5.74) is 8.84. The fraction of sp³-hybridized carbons (Fsp3) is 0.250. The highest BCUT2D eigenvalue weighted by atomic mass is 19.1. The van der Waals surface area contributed by atoms with Crippen molar-refractivity contribution in [3.8, 4) is 22.4 Å². The van der Waals surface area contributed by atoms with Gasteiger partial charge in [-0.05, 0) is 43.2 Å². The molecule has 152 valence electrons. The van der Waals surface area contributed by atoms with E-state index < -0.39 is 0 Å². The highest BCUT2D eigenvalue weighted by Gasteiger charge is 2.27. The van der Waals surface area contributed by atoms with Crippen LogP contribution in [0.5, 0.6) is 0 Å². The molecule has 1 aliphatic rings. The van der Waals surface area contributed by atoms with Crippen molar-refractivity contribution in [3.63, 3.8) is 0 Å². The van der Waals surface area contributed by atoms with Gasteiger partial charge in [0.2, 0.25) is 5.65 Å². The molecule has 1 fully saturated rings. The molecule has 0 amide bonds. The van der Waals surface area contributed by atoms with Gasteiger partial charge in [0.1, 0.15) is 11.5 Å². The zero-order valence-electron chi connectivity index (χ0n) is 16.0. The van der Waals surface area contributed by atoms with Crippen molar-refractivity contribution in [1.29, 1.82) is 0 Å². The average molecular weight is 408 g/mol. The smallest absolute Gasteiger partial charge is 0.376 e. The van der Waals surface area contributed by atoms with E-state index in [4.69, 9.17) is 10.5 Å². The van der Waals surface area contributed by atoms with Crippen LogP contribution in [-0.4, -0.2) is 37.1 Å². The summed E-state index contributed by atoms with van der Waals surface area (Å²) in [4.78, 5) is 16.1. The fourth-order valence-corrected chi connectivity index (χ4v) is 3.79. The van der Waals surface area contributed by atoms with Crippen LogP contribution in [-0.2, 0) is 11.3 Å². The van der Waals surface area contributed by atoms with Gasteiger partial charge < -0.3 is 4.74 Å². The van der Waals surface area contributed by atoms with Gasteiger partial charge in [0.05, 0.1) is 30.6 Å². The van der Waals surface area contributed by atoms with Gasteiger partial charge in [0.15, 0.2) is 0 Å². The molecule has 4 aromatic rings. The van der Waals surface area contributed by atoms with Crippen molar-refractivity contribution in [2.45, 2.75) is 25.5 Å². The quantitative estimate of drug-likeness (QED) is 0.545. The number of nitrogen functional groups attached to an aromatic ring is 1. The van der Waals surface area contributed by atoms with E-state index in [2.05, 4.69) is 20.3 Å². The van der Waals surface area contributed by atoms with E-state index in [0.717, 1.165) is 12.8 Å². The lowest BCUT2D eigenvalue weighted by atomic mass is 10.0. The van der Waals surface area contributed by atoms with Crippen LogP contribution in [0, 0.1) is 5.82 Å². The predicted octanol–water partition coefficient (Wildman–Crippen LogP) is 1.33. The second kappa shape index (κ2) is 7.30. The van der Waals surface area contributed by atoms with Crippen LogP contribution in [0.2, 0.25) is 0 Å². The minimum Gasteiger partial charge on any atom is -0.376 e. The summed E-state index contributed by atoms with van der Waals surface area (Å²) in [6, 6.07) is 7.76. The first-order chi connectivity index (χ1) is 14.6. The summed E-state index contributed by atoms with van der Waals surface area (Å²) in [5, 5.41) is 12.4. The Morgan fingerprint density at radius 1 is 1.20 bits per heavy atom. The summed E-state index contributed by atoms with van der Waals surface area (Å²) in [5.74, 6) is -0.226. The van der Waals surface area contributed by atoms with Crippen LogP contribution < -0.4 is 16.4 Å². The molecule has 0 unspecified atom stereocenters. The number of anilines is 1. The van der Waals surface area contributed by atoms with Gasteiger partial charge >= 0.3 is 11.6 Å². The molecule has 1 aromatic carbocycles. The van der Waals surface area contributed by atoms with E-state index in [9.17, 15) is 9.18 Å². The van der Waals surface area contributed by atoms with E-state index in [1.807, 2.05) is 0 Å². The van der Waals surface area contributed by atoms with Crippen molar-refractivity contribution < 1.29 is 14.1 Å². The zero-order chi connectivity index (χ0) is 20.7. The highest BCUT2D eigenvalue weighted by molar-refractivity contribution is 5.88. The number of hydrogen-bond donors (Lipinski definition) is 1. The van der Waals surface area contributed by atoms with Crippen LogP contribution in [0.15, 0.2) is 47.5 Å². The third-order valence-electron chi connectivity index (χ3n) is 5.21. The predicted molar refractivity (Wildman–Crippen MR) is 106 cm³/mol. The lowest BCUT2D eigenvalue weighted by Gasteiger charge is -2.08. The average Bonchev–Trinajstić information content (AvgIpc) is 3.38. The highest BCUT2D eigenvalue weighted by Crippen LogP contribution is 2.31. The van der Waals surface area contributed by atoms with E-state index in [1.54, 1.807) is 30.6 Å². The van der Waals surface area contributed by atoms with Crippen molar-refractivity contribution in [1.82, 2.24) is 24.4 Å². The summed E-state index contributed by atoms with van der Waals surface area (Å²) >= 11 is 0. The number of ether oxygens (including phenoxy) is 1. The van der Waals surface area contributed by atoms with Crippen LogP contribution in [0.3, 0.4) is 0 Å². The standard InChI is InChI=1S/C20H18FN7O2/c21-14-5-3-12(4-6-14)17-16(13-7-8-23-24-10-13)18-26-27(11-15-2-1-9-30-15)20(29)28(18)19(22)25-17/h3-8,10,15H,1-2,9,11H2,(H2,22,25)/p+1/t15-/m1/s1. The second-order valence-electron chi connectivity index (χ2n) is 7.16. The first-order valence-corrected chi connectivity index (χ1v) is 9.61. The molecule has 0 saturated carbocycles. The van der Waals surface area contributed by atoms with E-state index in [-0.39, 0.29) is 23.6 Å². The van der Waals surface area contributed by atoms with Crippen LogP contribution >= 0.6 is 0 Å². The molecule has 1 saturated heterocycles. The number of nitrogens with two attached hydrogens (primary N) is 1. The molecule has 0 bridgehead atoms. The van der Waals surface area contributed by atoms with Crippen molar-refractivity contribution in [3.05, 3.63) is 59.0 Å². The number of fused-ring (bicyclic) bond motifs is 1. The fourth-order valence-electron chi connectivity index (χ4n) is 3.79. The Hall–Kier alpha value is -3.66. The largest absolute Gasteiger partial charge is 0.411 e. The number of nitrogens with one attached hydrogen (secondary N) is 1. The first-order valence-electron chi connectivity index (χ1n) is 9.61. The molecule has 5 rings (SSSR count). The number of benzene rings is 1. The van der Waals surface area contributed by atoms with Crippen LogP contribution in [0.25, 0.3) is 28.0 Å². The Kier molecular flexibility index (Phi) is 4.47. The molecule has 9 nitrogen and oxygen atoms in total. The monoisotopic (exact) mass is 408 g/mol. The molecule has 0 radical (unpaired) electrons. The van der Waals surface area contributed by atoms with Crippen molar-refractivity contribution in [2.24, 2.45) is 0 Å². The Bertz CT molecular complexity index is 1260. The van der Waals surface area contributed by atoms with Gasteiger partial charge in [-0.25, -0.2) is 14.2 Å². The molecule has 3 N–H and O–H groups in total. The lowest BCUT2D eigenvalue weighted by molar-refractivity contribution is -0.351. The Labute approximate surface area is 170 Å². The van der Waals surface area contributed by atoms with Crippen LogP contribution in [0.4, 0.5) is 10.3 Å². The van der Waals surface area contributed by atoms with Crippen molar-refractivity contribution >= 4 is 11.6 Å². The molecule has 4 heterocycles. The number of aromatic nitrogens is 6. The minimum absolute atomic E-state index is 0.0552. The molecule has 0 aliphatic carbocycles. The summed E-state index contributed by atoms with van der Waals surface area (Å²) < 4.78 is 21.8. The van der Waals surface area contributed by atoms with Gasteiger partial charge in [0, 0.05) is 17.7 Å². The Morgan fingerprint density at radius 3 is 2.73 bits per heavy atom. The van der Waals surface area contributed by atoms with E-state index in [1.165, 1.54) is 21.2 Å². The number of hydrogen-bond acceptors (Lipinski definition) is 6. The molecule has 10 heteroatoms. The molecule has 3 aromatic heterocycles. The molecular formula is C20H19FN7O2+. The summed E-state index contributed by atoms with van der Waals surface area (Å²) in [6.07, 6.45) is 4.92. The molecule has 1 aliphatic heterocycles. The second-order valence-corrected chi connectivity index (χ2v) is 7.16. The maximum absolute atomic E-state index is 13.5. The van der Waals surface area contributed by atoms with Gasteiger partial charge in [0.25, 0.3) is 0 Å². The molecular weight excluding hydrogens is 389 g/mol. The van der Waals surface area contributed by atoms with Gasteiger partial charge in [-0.1, -0.05) is 0 Å². The lowest BCUT2D eigenvalue weighted by Crippen LogP contribution is -2.30. The summed E-state index contributed by atoms with van der Waals surface area (Å²) in [6.45, 7) is 1.03. The first kappa shape index (κ1) is 18.4. The summed E-state index contributed by atoms with van der Waals surface area (Å²) in [7, 11) is 0. The maximum Gasteiger partial charge on any atom is 0.411 e. The maximum atomic E-state index is 13.5. The number of rotatable bonds is 4. The Morgan fingerprint density at radius 2 is 2.03 bits per heavy atom. The third kappa shape index (κ3) is 3.11. The van der Waals surface area contributed by atoms with Gasteiger partial charge in [-0.2, -0.15) is 14.9 Å². The topological polar surface area (TPSA) is 114 Å². The van der Waals surface area contributed by atoms with Gasteiger partial charge in [-0.15, -0.1) is 9.50 Å². The van der Waals surface area contributed by atoms with Crippen LogP contribution in [0.1, 0.15) is 12.8 Å². The number of aromatic amines is 1. The number of nitrogens with zero attached hydrogens (tertiary/aromatic N) is 5. The van der Waals surface area contributed by atoms with Gasteiger partial charge in [-0.3, -0.25) is 5.73 Å². The Balaban J connectivity index is 1.77. The molecule has 1 atom stereocenters. The van der Waals surface area contributed by atoms with E-state index >= 15 is 0 Å². The molecule has 30 heavy (non-hydrogen) atoms. The number of H-pyrrole nitrogens is 1. The van der Waals surface area contributed by atoms with E-state index in [0.29, 0.717) is 41.2 Å².